The molecule has 3 nitrogen and oxygen atoms in total. The Kier molecular flexibility index (Phi) is 4.41. The summed E-state index contributed by atoms with van der Waals surface area (Å²) < 4.78 is 0. The van der Waals surface area contributed by atoms with Gasteiger partial charge in [-0.3, -0.25) is 4.79 Å². The number of amides is 1. The molecule has 2 heterocycles. The van der Waals surface area contributed by atoms with Crippen molar-refractivity contribution >= 4 is 39.7 Å². The van der Waals surface area contributed by atoms with Crippen LogP contribution in [0.15, 0.2) is 47.2 Å². The smallest absolute Gasteiger partial charge is 0.251 e. The standard InChI is InChI=1S/C17H15ClN2OS/c1-11(8-12-6-7-22-10-12)19-17(21)14-2-4-15-13(9-14)3-5-16(18)20-15/h2-7,9-11H,8H2,1H3,(H,19,21). The van der Waals surface area contributed by atoms with Crippen molar-refractivity contribution in [2.75, 3.05) is 0 Å². The lowest BCUT2D eigenvalue weighted by atomic mass is 10.1. The lowest BCUT2D eigenvalue weighted by Crippen LogP contribution is -2.33. The van der Waals surface area contributed by atoms with Crippen LogP contribution in [0.1, 0.15) is 22.8 Å². The molecule has 22 heavy (non-hydrogen) atoms. The van der Waals surface area contributed by atoms with Gasteiger partial charge in [-0.2, -0.15) is 11.3 Å². The Morgan fingerprint density at radius 1 is 1.32 bits per heavy atom. The van der Waals surface area contributed by atoms with Crippen molar-refractivity contribution < 1.29 is 4.79 Å². The zero-order chi connectivity index (χ0) is 15.5. The van der Waals surface area contributed by atoms with Gasteiger partial charge in [0.1, 0.15) is 5.15 Å². The van der Waals surface area contributed by atoms with Gasteiger partial charge in [-0.25, -0.2) is 4.98 Å². The lowest BCUT2D eigenvalue weighted by molar-refractivity contribution is 0.0940. The molecule has 3 rings (SSSR count). The second-order valence-electron chi connectivity index (χ2n) is 5.25. The monoisotopic (exact) mass is 330 g/mol. The summed E-state index contributed by atoms with van der Waals surface area (Å²) in [7, 11) is 0. The molecule has 1 unspecified atom stereocenters. The highest BCUT2D eigenvalue weighted by molar-refractivity contribution is 7.07. The van der Waals surface area contributed by atoms with Crippen LogP contribution in [-0.2, 0) is 6.42 Å². The molecule has 0 aliphatic heterocycles. The van der Waals surface area contributed by atoms with E-state index >= 15 is 0 Å². The third-order valence-corrected chi connectivity index (χ3v) is 4.36. The number of carbonyl (C=O) groups is 1. The second-order valence-corrected chi connectivity index (χ2v) is 6.42. The van der Waals surface area contributed by atoms with E-state index in [1.54, 1.807) is 23.5 Å². The van der Waals surface area contributed by atoms with Crippen molar-refractivity contribution in [3.63, 3.8) is 0 Å². The van der Waals surface area contributed by atoms with Gasteiger partial charge in [-0.1, -0.05) is 11.6 Å². The highest BCUT2D eigenvalue weighted by Crippen LogP contribution is 2.17. The maximum atomic E-state index is 12.3. The van der Waals surface area contributed by atoms with Crippen molar-refractivity contribution in [2.24, 2.45) is 0 Å². The van der Waals surface area contributed by atoms with Gasteiger partial charge >= 0.3 is 0 Å². The maximum Gasteiger partial charge on any atom is 0.251 e. The van der Waals surface area contributed by atoms with Crippen LogP contribution in [0.4, 0.5) is 0 Å². The fourth-order valence-electron chi connectivity index (χ4n) is 2.36. The summed E-state index contributed by atoms with van der Waals surface area (Å²) in [6.45, 7) is 2.01. The molecule has 1 amide bonds. The first-order valence-electron chi connectivity index (χ1n) is 7.00. The third kappa shape index (κ3) is 3.46. The van der Waals surface area contributed by atoms with E-state index in [1.807, 2.05) is 30.5 Å². The molecular formula is C17H15ClN2OS. The van der Waals surface area contributed by atoms with E-state index in [0.29, 0.717) is 10.7 Å². The first kappa shape index (κ1) is 15.0. The molecule has 0 bridgehead atoms. The van der Waals surface area contributed by atoms with E-state index in [-0.39, 0.29) is 11.9 Å². The van der Waals surface area contributed by atoms with E-state index in [1.165, 1.54) is 5.56 Å². The van der Waals surface area contributed by atoms with Crippen LogP contribution in [0.5, 0.6) is 0 Å². The molecule has 5 heteroatoms. The molecule has 0 saturated carbocycles. The Balaban J connectivity index is 1.73. The van der Waals surface area contributed by atoms with Crippen LogP contribution in [0, 0.1) is 0 Å². The average molecular weight is 331 g/mol. The summed E-state index contributed by atoms with van der Waals surface area (Å²) in [6, 6.07) is 11.2. The van der Waals surface area contributed by atoms with Crippen molar-refractivity contribution in [1.29, 1.82) is 0 Å². The number of rotatable bonds is 4. The Hall–Kier alpha value is -1.91. The molecule has 0 fully saturated rings. The fourth-order valence-corrected chi connectivity index (χ4v) is 3.20. The van der Waals surface area contributed by atoms with Crippen LogP contribution < -0.4 is 5.32 Å². The van der Waals surface area contributed by atoms with Gasteiger partial charge in [0.2, 0.25) is 0 Å². The van der Waals surface area contributed by atoms with Crippen molar-refractivity contribution in [3.8, 4) is 0 Å². The zero-order valence-corrected chi connectivity index (χ0v) is 13.6. The summed E-state index contributed by atoms with van der Waals surface area (Å²) in [4.78, 5) is 16.6. The van der Waals surface area contributed by atoms with E-state index < -0.39 is 0 Å². The Labute approximate surface area is 138 Å². The van der Waals surface area contributed by atoms with Gasteiger partial charge in [-0.15, -0.1) is 0 Å². The third-order valence-electron chi connectivity index (χ3n) is 3.42. The number of fused-ring (bicyclic) bond motifs is 1. The highest BCUT2D eigenvalue weighted by Gasteiger charge is 2.11. The molecule has 1 N–H and O–H groups in total. The van der Waals surface area contributed by atoms with E-state index in [2.05, 4.69) is 21.7 Å². The second kappa shape index (κ2) is 6.46. The minimum absolute atomic E-state index is 0.0698. The van der Waals surface area contributed by atoms with Crippen LogP contribution >= 0.6 is 22.9 Å². The van der Waals surface area contributed by atoms with Crippen molar-refractivity contribution in [3.05, 3.63) is 63.4 Å². The van der Waals surface area contributed by atoms with Gasteiger partial charge in [0.25, 0.3) is 5.91 Å². The fraction of sp³-hybridized carbons (Fsp3) is 0.176. The van der Waals surface area contributed by atoms with Crippen molar-refractivity contribution in [1.82, 2.24) is 10.3 Å². The number of hydrogen-bond acceptors (Lipinski definition) is 3. The Morgan fingerprint density at radius 3 is 2.95 bits per heavy atom. The topological polar surface area (TPSA) is 42.0 Å². The molecule has 1 atom stereocenters. The lowest BCUT2D eigenvalue weighted by Gasteiger charge is -2.13. The summed E-state index contributed by atoms with van der Waals surface area (Å²) in [5.74, 6) is -0.0698. The van der Waals surface area contributed by atoms with Gasteiger partial charge in [-0.05, 0) is 66.1 Å². The van der Waals surface area contributed by atoms with E-state index in [0.717, 1.165) is 17.3 Å². The van der Waals surface area contributed by atoms with Crippen molar-refractivity contribution in [2.45, 2.75) is 19.4 Å². The summed E-state index contributed by atoms with van der Waals surface area (Å²) in [5, 5.41) is 8.54. The molecular weight excluding hydrogens is 316 g/mol. The number of hydrogen-bond donors (Lipinski definition) is 1. The van der Waals surface area contributed by atoms with E-state index in [9.17, 15) is 4.79 Å². The van der Waals surface area contributed by atoms with Gasteiger partial charge in [0.05, 0.1) is 5.52 Å². The van der Waals surface area contributed by atoms with Crippen LogP contribution in [0.2, 0.25) is 5.15 Å². The number of benzene rings is 1. The average Bonchev–Trinajstić information content (AvgIpc) is 2.99. The number of halogens is 1. The maximum absolute atomic E-state index is 12.3. The number of aromatic nitrogens is 1. The quantitative estimate of drug-likeness (QED) is 0.724. The molecule has 112 valence electrons. The number of nitrogens with zero attached hydrogens (tertiary/aromatic N) is 1. The number of nitrogens with one attached hydrogen (secondary N) is 1. The summed E-state index contributed by atoms with van der Waals surface area (Å²) in [6.07, 6.45) is 0.833. The molecule has 0 radical (unpaired) electrons. The van der Waals surface area contributed by atoms with Crippen LogP contribution in [-0.4, -0.2) is 16.9 Å². The zero-order valence-electron chi connectivity index (χ0n) is 12.0. The molecule has 0 aliphatic carbocycles. The first-order valence-corrected chi connectivity index (χ1v) is 8.32. The number of carbonyl (C=O) groups excluding carboxylic acids is 1. The van der Waals surface area contributed by atoms with Gasteiger partial charge in [0.15, 0.2) is 0 Å². The molecule has 1 aromatic carbocycles. The highest BCUT2D eigenvalue weighted by atomic mass is 35.5. The molecule has 0 aliphatic rings. The minimum Gasteiger partial charge on any atom is -0.349 e. The SMILES string of the molecule is CC(Cc1ccsc1)NC(=O)c1ccc2nc(Cl)ccc2c1. The molecule has 0 saturated heterocycles. The van der Waals surface area contributed by atoms with Gasteiger partial charge < -0.3 is 5.32 Å². The van der Waals surface area contributed by atoms with Crippen LogP contribution in [0.3, 0.4) is 0 Å². The summed E-state index contributed by atoms with van der Waals surface area (Å²) in [5.41, 5.74) is 2.67. The van der Waals surface area contributed by atoms with Crippen LogP contribution in [0.25, 0.3) is 10.9 Å². The molecule has 0 spiro atoms. The number of pyridine rings is 1. The Morgan fingerprint density at radius 2 is 2.18 bits per heavy atom. The normalized spacial score (nSPS) is 12.3. The predicted molar refractivity (Wildman–Crippen MR) is 91.7 cm³/mol. The first-order chi connectivity index (χ1) is 10.6. The number of thiophene rings is 1. The predicted octanol–water partition coefficient (Wildman–Crippen LogP) is 4.31. The van der Waals surface area contributed by atoms with Gasteiger partial charge in [0, 0.05) is 17.0 Å². The minimum atomic E-state index is -0.0698. The largest absolute Gasteiger partial charge is 0.349 e. The summed E-state index contributed by atoms with van der Waals surface area (Å²) >= 11 is 7.54. The van der Waals surface area contributed by atoms with E-state index in [4.69, 9.17) is 11.6 Å². The molecule has 2 aromatic heterocycles. The Bertz CT molecular complexity index is 802. The molecule has 3 aromatic rings.